The normalized spacial score (nSPS) is 17.4. The largest absolute Gasteiger partial charge is 0.489 e. The third kappa shape index (κ3) is 8.83. The molecule has 2 aromatic carbocycles. The zero-order chi connectivity index (χ0) is 26.5. The Balaban J connectivity index is 0.00000186. The molecule has 1 aliphatic heterocycles. The molecule has 2 atom stereocenters. The second-order valence-electron chi connectivity index (χ2n) is 8.28. The predicted molar refractivity (Wildman–Crippen MR) is 147 cm³/mol. The van der Waals surface area contributed by atoms with Gasteiger partial charge in [-0.3, -0.25) is 4.99 Å². The summed E-state index contributed by atoms with van der Waals surface area (Å²) in [5.74, 6) is 1.18. The van der Waals surface area contributed by atoms with Gasteiger partial charge in [0, 0.05) is 18.4 Å². The average molecular weight is 502 g/mol. The molecule has 37 heavy (non-hydrogen) atoms. The van der Waals surface area contributed by atoms with Crippen LogP contribution in [0.3, 0.4) is 0 Å². The molecule has 1 aliphatic carbocycles. The van der Waals surface area contributed by atoms with E-state index in [0.717, 1.165) is 23.4 Å². The van der Waals surface area contributed by atoms with Gasteiger partial charge in [0.05, 0.1) is 11.4 Å². The monoisotopic (exact) mass is 501 g/mol. The molecule has 4 rings (SSSR count). The van der Waals surface area contributed by atoms with E-state index in [9.17, 15) is 9.90 Å². The van der Waals surface area contributed by atoms with Crippen LogP contribution in [0.15, 0.2) is 102 Å². The van der Waals surface area contributed by atoms with Gasteiger partial charge >= 0.3 is 5.97 Å². The zero-order valence-electron chi connectivity index (χ0n) is 21.7. The van der Waals surface area contributed by atoms with E-state index in [2.05, 4.69) is 24.3 Å². The Morgan fingerprint density at radius 2 is 1.73 bits per heavy atom. The first-order chi connectivity index (χ1) is 18.1. The average Bonchev–Trinajstić information content (AvgIpc) is 3.16. The Hall–Kier alpha value is -4.06. The fraction of sp³-hybridized carbons (Fsp3) is 0.290. The highest BCUT2D eigenvalue weighted by Crippen LogP contribution is 2.23. The minimum absolute atomic E-state index is 0.276. The van der Waals surface area contributed by atoms with Gasteiger partial charge in [-0.2, -0.15) is 0 Å². The van der Waals surface area contributed by atoms with Crippen LogP contribution in [0, 0.1) is 5.92 Å². The minimum atomic E-state index is -0.976. The lowest BCUT2D eigenvalue weighted by molar-refractivity contribution is -0.145. The summed E-state index contributed by atoms with van der Waals surface area (Å²) in [6.45, 7) is 6.48. The van der Waals surface area contributed by atoms with Crippen molar-refractivity contribution in [1.82, 2.24) is 0 Å². The van der Waals surface area contributed by atoms with Gasteiger partial charge in [0.25, 0.3) is 0 Å². The Labute approximate surface area is 219 Å². The first kappa shape index (κ1) is 27.5. The lowest BCUT2D eigenvalue weighted by atomic mass is 10.1. The number of carbonyl (C=O) groups is 1. The van der Waals surface area contributed by atoms with Crippen LogP contribution in [0.4, 0.5) is 0 Å². The molecule has 6 heteroatoms. The Morgan fingerprint density at radius 1 is 1.00 bits per heavy atom. The summed E-state index contributed by atoms with van der Waals surface area (Å²) in [5.41, 5.74) is 2.77. The lowest BCUT2D eigenvalue weighted by Crippen LogP contribution is -2.25. The fourth-order valence-electron chi connectivity index (χ4n) is 3.70. The number of hydrogen-bond acceptors (Lipinski definition) is 5. The highest BCUT2D eigenvalue weighted by Gasteiger charge is 2.16. The topological polar surface area (TPSA) is 77.3 Å². The SMILES string of the molecule is CC.CCC(Oc1cccc(COc2cccc(OCC3=NC4=CC(C=CC=C4)/C=C\C3)c2)c1)C(=O)O. The molecular weight excluding hydrogens is 466 g/mol. The molecule has 0 saturated heterocycles. The number of carboxylic acid groups (broad SMARTS) is 1. The van der Waals surface area contributed by atoms with Gasteiger partial charge in [-0.15, -0.1) is 0 Å². The fourth-order valence-corrected chi connectivity index (χ4v) is 3.70. The van der Waals surface area contributed by atoms with E-state index in [1.165, 1.54) is 0 Å². The highest BCUT2D eigenvalue weighted by atomic mass is 16.5. The molecule has 0 radical (unpaired) electrons. The van der Waals surface area contributed by atoms with E-state index in [4.69, 9.17) is 19.2 Å². The van der Waals surface area contributed by atoms with Crippen LogP contribution >= 0.6 is 0 Å². The van der Waals surface area contributed by atoms with Crippen LogP contribution in [0.5, 0.6) is 17.2 Å². The summed E-state index contributed by atoms with van der Waals surface area (Å²) < 4.78 is 17.5. The third-order valence-electron chi connectivity index (χ3n) is 5.51. The molecule has 0 spiro atoms. The van der Waals surface area contributed by atoms with E-state index in [-0.39, 0.29) is 5.92 Å². The molecule has 0 aromatic heterocycles. The number of aliphatic imine (C=N–C) groups is 1. The Bertz CT molecular complexity index is 1190. The number of rotatable bonds is 10. The number of carboxylic acids is 1. The second kappa shape index (κ2) is 14.5. The molecule has 1 N–H and O–H groups in total. The van der Waals surface area contributed by atoms with E-state index in [0.29, 0.717) is 36.9 Å². The molecule has 2 bridgehead atoms. The van der Waals surface area contributed by atoms with Crippen molar-refractivity contribution < 1.29 is 24.1 Å². The first-order valence-electron chi connectivity index (χ1n) is 12.7. The summed E-state index contributed by atoms with van der Waals surface area (Å²) >= 11 is 0. The number of aliphatic carboxylic acids is 1. The molecule has 0 fully saturated rings. The maximum Gasteiger partial charge on any atom is 0.344 e. The van der Waals surface area contributed by atoms with Gasteiger partial charge < -0.3 is 19.3 Å². The molecule has 2 aliphatic rings. The van der Waals surface area contributed by atoms with Crippen molar-refractivity contribution in [1.29, 1.82) is 0 Å². The van der Waals surface area contributed by atoms with Gasteiger partial charge in [-0.25, -0.2) is 4.79 Å². The maximum absolute atomic E-state index is 11.2. The number of fused-ring (bicyclic) bond motifs is 1. The molecule has 2 unspecified atom stereocenters. The minimum Gasteiger partial charge on any atom is -0.489 e. The quantitative estimate of drug-likeness (QED) is 0.357. The van der Waals surface area contributed by atoms with Gasteiger partial charge in [0.1, 0.15) is 30.5 Å². The summed E-state index contributed by atoms with van der Waals surface area (Å²) in [7, 11) is 0. The van der Waals surface area contributed by atoms with Crippen molar-refractivity contribution in [3.63, 3.8) is 0 Å². The van der Waals surface area contributed by atoms with Gasteiger partial charge in [0.15, 0.2) is 6.10 Å². The van der Waals surface area contributed by atoms with Crippen LogP contribution in [0.1, 0.15) is 39.2 Å². The van der Waals surface area contributed by atoms with Crippen molar-refractivity contribution in [3.8, 4) is 17.2 Å². The Kier molecular flexibility index (Phi) is 10.8. The summed E-state index contributed by atoms with van der Waals surface area (Å²) in [5, 5.41) is 9.20. The number of nitrogens with zero attached hydrogens (tertiary/aromatic N) is 1. The Morgan fingerprint density at radius 3 is 2.49 bits per heavy atom. The van der Waals surface area contributed by atoms with Gasteiger partial charge in [-0.1, -0.05) is 69.4 Å². The summed E-state index contributed by atoms with van der Waals surface area (Å²) in [6, 6.07) is 14.8. The summed E-state index contributed by atoms with van der Waals surface area (Å²) in [4.78, 5) is 16.0. The lowest BCUT2D eigenvalue weighted by Gasteiger charge is -2.14. The first-order valence-corrected chi connectivity index (χ1v) is 12.7. The van der Waals surface area contributed by atoms with E-state index < -0.39 is 12.1 Å². The molecule has 0 saturated carbocycles. The molecule has 1 heterocycles. The van der Waals surface area contributed by atoms with Crippen molar-refractivity contribution in [2.45, 2.75) is 46.3 Å². The van der Waals surface area contributed by atoms with Crippen LogP contribution in [-0.4, -0.2) is 29.5 Å². The van der Waals surface area contributed by atoms with Gasteiger partial charge in [0.2, 0.25) is 0 Å². The highest BCUT2D eigenvalue weighted by molar-refractivity contribution is 5.88. The van der Waals surface area contributed by atoms with Crippen molar-refractivity contribution >= 4 is 11.7 Å². The van der Waals surface area contributed by atoms with E-state index in [1.54, 1.807) is 19.1 Å². The number of allylic oxidation sites excluding steroid dienone is 7. The van der Waals surface area contributed by atoms with Crippen molar-refractivity contribution in [2.75, 3.05) is 6.61 Å². The van der Waals surface area contributed by atoms with Gasteiger partial charge in [-0.05, 0) is 48.4 Å². The molecule has 0 amide bonds. The molecule has 6 nitrogen and oxygen atoms in total. The maximum atomic E-state index is 11.2. The second-order valence-corrected chi connectivity index (χ2v) is 8.28. The smallest absolute Gasteiger partial charge is 0.344 e. The number of benzene rings is 2. The molecular formula is C31H35NO5. The number of hydrogen-bond donors (Lipinski definition) is 1. The standard InChI is InChI=1S/C29H29NO5.C2H6/c1-2-28(29(31)32)35-27-15-6-10-22(17-27)19-33-25-13-7-14-26(18-25)34-20-24-12-5-9-21-8-3-4-11-23(16-21)30-24;1-2/h3-11,13-18,21,28H,2,12,19-20H2,1H3,(H,31,32);1-2H3/b9-5-,30-24?;. The van der Waals surface area contributed by atoms with Crippen LogP contribution in [0.25, 0.3) is 0 Å². The van der Waals surface area contributed by atoms with Crippen LogP contribution in [-0.2, 0) is 11.4 Å². The van der Waals surface area contributed by atoms with Crippen molar-refractivity contribution in [2.24, 2.45) is 10.9 Å². The molecule has 194 valence electrons. The third-order valence-corrected chi connectivity index (χ3v) is 5.51. The van der Waals surface area contributed by atoms with Crippen LogP contribution in [0.2, 0.25) is 0 Å². The molecule has 2 aromatic rings. The predicted octanol–water partition coefficient (Wildman–Crippen LogP) is 6.94. The summed E-state index contributed by atoms with van der Waals surface area (Å²) in [6.07, 6.45) is 14.9. The van der Waals surface area contributed by atoms with Crippen LogP contribution < -0.4 is 14.2 Å². The zero-order valence-corrected chi connectivity index (χ0v) is 21.7. The number of ether oxygens (including phenoxy) is 3. The van der Waals surface area contributed by atoms with E-state index >= 15 is 0 Å². The van der Waals surface area contributed by atoms with E-state index in [1.807, 2.05) is 68.5 Å². The van der Waals surface area contributed by atoms with Crippen molar-refractivity contribution in [3.05, 3.63) is 102 Å².